The molecule has 2 radical (unpaired) electrons. The summed E-state index contributed by atoms with van der Waals surface area (Å²) in [5.74, 6) is 1.26. The number of hydrogen-bond acceptors (Lipinski definition) is 2. The second kappa shape index (κ2) is 3.31. The zero-order chi connectivity index (χ0) is 10.1. The molecule has 0 fully saturated rings. The third-order valence-electron chi connectivity index (χ3n) is 2.30. The predicted octanol–water partition coefficient (Wildman–Crippen LogP) is 2.56. The van der Waals surface area contributed by atoms with Crippen molar-refractivity contribution in [2.45, 2.75) is 6.42 Å². The molecule has 2 aromatic rings. The minimum atomic E-state index is 0.573. The van der Waals surface area contributed by atoms with Crippen LogP contribution in [0, 0.1) is 12.1 Å². The van der Waals surface area contributed by atoms with Crippen LogP contribution in [-0.4, -0.2) is 0 Å². The molecule has 0 atom stereocenters. The maximum atomic E-state index is 5.19. The lowest BCUT2D eigenvalue weighted by Crippen LogP contribution is -2.00. The Kier molecular flexibility index (Phi) is 1.85. The zero-order valence-electron chi connectivity index (χ0n) is 7.99. The van der Waals surface area contributed by atoms with Crippen LogP contribution in [0.2, 0.25) is 0 Å². The molecule has 0 amide bonds. The summed E-state index contributed by atoms with van der Waals surface area (Å²) in [6, 6.07) is 17.1. The molecule has 2 heteroatoms. The van der Waals surface area contributed by atoms with Gasteiger partial charge in [-0.25, -0.2) is 0 Å². The Balaban J connectivity index is 1.71. The van der Waals surface area contributed by atoms with Gasteiger partial charge in [-0.3, -0.25) is 9.78 Å². The van der Waals surface area contributed by atoms with Crippen LogP contribution in [0.4, 0.5) is 0 Å². The molecular weight excluding hydrogens is 188 g/mol. The van der Waals surface area contributed by atoms with E-state index in [1.807, 2.05) is 24.3 Å². The molecule has 15 heavy (non-hydrogen) atoms. The molecule has 3 rings (SSSR count). The quantitative estimate of drug-likeness (QED) is 0.473. The van der Waals surface area contributed by atoms with E-state index in [9.17, 15) is 0 Å². The van der Waals surface area contributed by atoms with E-state index in [1.54, 1.807) is 12.1 Å². The molecule has 0 aliphatic heterocycles. The van der Waals surface area contributed by atoms with E-state index in [-0.39, 0.29) is 0 Å². The van der Waals surface area contributed by atoms with Gasteiger partial charge >= 0.3 is 0 Å². The molecule has 2 nitrogen and oxygen atoms in total. The number of rotatable bonds is 3. The van der Waals surface area contributed by atoms with E-state index in [1.165, 1.54) is 11.1 Å². The van der Waals surface area contributed by atoms with Crippen LogP contribution in [0.3, 0.4) is 0 Å². The molecular formula is C13H8O2. The highest BCUT2D eigenvalue weighted by atomic mass is 17.2. The highest BCUT2D eigenvalue weighted by Gasteiger charge is 2.22. The molecule has 0 spiro atoms. The fraction of sp³-hybridized carbons (Fsp3) is 0.0769. The second-order valence-electron chi connectivity index (χ2n) is 3.38. The molecule has 0 aromatic heterocycles. The summed E-state index contributed by atoms with van der Waals surface area (Å²) in [6.45, 7) is 0. The number of benzene rings is 2. The van der Waals surface area contributed by atoms with Gasteiger partial charge in [-0.1, -0.05) is 30.3 Å². The first kappa shape index (κ1) is 8.36. The molecule has 0 heterocycles. The molecule has 1 aliphatic carbocycles. The van der Waals surface area contributed by atoms with Crippen molar-refractivity contribution in [3.05, 3.63) is 59.7 Å². The third-order valence-corrected chi connectivity index (χ3v) is 2.30. The standard InChI is InChI=1S/C13H8O2/c1-2-6-11(7-3-1)14-15-13-8-4-5-10-9-12(10)13/h1-6H,9H2. The van der Waals surface area contributed by atoms with E-state index < -0.39 is 0 Å². The van der Waals surface area contributed by atoms with Crippen molar-refractivity contribution in [1.29, 1.82) is 0 Å². The van der Waals surface area contributed by atoms with Crippen LogP contribution in [0.1, 0.15) is 11.1 Å². The van der Waals surface area contributed by atoms with E-state index >= 15 is 0 Å². The second-order valence-corrected chi connectivity index (χ2v) is 3.38. The van der Waals surface area contributed by atoms with Crippen molar-refractivity contribution in [2.75, 3.05) is 0 Å². The van der Waals surface area contributed by atoms with Crippen molar-refractivity contribution in [2.24, 2.45) is 0 Å². The largest absolute Gasteiger partial charge is 0.289 e. The average molecular weight is 196 g/mol. The number of hydrogen-bond donors (Lipinski definition) is 0. The van der Waals surface area contributed by atoms with E-state index in [4.69, 9.17) is 9.78 Å². The molecule has 0 bridgehead atoms. The van der Waals surface area contributed by atoms with Crippen LogP contribution < -0.4 is 9.78 Å². The van der Waals surface area contributed by atoms with Crippen molar-refractivity contribution in [1.82, 2.24) is 0 Å². The smallest absolute Gasteiger partial charge is 0.190 e. The molecule has 0 saturated heterocycles. The Labute approximate surface area is 88.0 Å². The van der Waals surface area contributed by atoms with Crippen LogP contribution in [0.5, 0.6) is 11.5 Å². The minimum Gasteiger partial charge on any atom is -0.289 e. The number of para-hydroxylation sites is 1. The summed E-state index contributed by atoms with van der Waals surface area (Å²) in [6.07, 6.45) is 0.987. The minimum absolute atomic E-state index is 0.573. The Morgan fingerprint density at radius 1 is 1.00 bits per heavy atom. The van der Waals surface area contributed by atoms with Gasteiger partial charge in [0.1, 0.15) is 0 Å². The molecule has 0 saturated carbocycles. The molecule has 1 aliphatic rings. The molecule has 2 aromatic carbocycles. The van der Waals surface area contributed by atoms with Crippen molar-refractivity contribution < 1.29 is 9.78 Å². The van der Waals surface area contributed by atoms with Crippen molar-refractivity contribution in [3.63, 3.8) is 0 Å². The fourth-order valence-electron chi connectivity index (χ4n) is 1.43. The summed E-state index contributed by atoms with van der Waals surface area (Å²) in [5.41, 5.74) is 2.50. The first-order valence-corrected chi connectivity index (χ1v) is 4.77. The topological polar surface area (TPSA) is 18.5 Å². The lowest BCUT2D eigenvalue weighted by molar-refractivity contribution is -0.101. The highest BCUT2D eigenvalue weighted by molar-refractivity contribution is 5.53. The average Bonchev–Trinajstić information content (AvgIpc) is 3.07. The first-order valence-electron chi connectivity index (χ1n) is 4.77. The van der Waals surface area contributed by atoms with Crippen LogP contribution in [-0.2, 0) is 6.42 Å². The summed E-state index contributed by atoms with van der Waals surface area (Å²) < 4.78 is 0. The van der Waals surface area contributed by atoms with Gasteiger partial charge in [-0.05, 0) is 11.6 Å². The van der Waals surface area contributed by atoms with Gasteiger partial charge in [0.05, 0.1) is 0 Å². The van der Waals surface area contributed by atoms with Crippen molar-refractivity contribution >= 4 is 0 Å². The van der Waals surface area contributed by atoms with Crippen LogP contribution in [0.25, 0.3) is 0 Å². The maximum Gasteiger partial charge on any atom is 0.190 e. The van der Waals surface area contributed by atoms with Crippen LogP contribution in [0.15, 0.2) is 36.4 Å². The van der Waals surface area contributed by atoms with Crippen LogP contribution >= 0.6 is 0 Å². The zero-order valence-corrected chi connectivity index (χ0v) is 7.99. The third kappa shape index (κ3) is 1.66. The monoisotopic (exact) mass is 196 g/mol. The lowest BCUT2D eigenvalue weighted by Gasteiger charge is -2.03. The normalized spacial score (nSPS) is 11.7. The van der Waals surface area contributed by atoms with Gasteiger partial charge in [-0.15, -0.1) is 0 Å². The van der Waals surface area contributed by atoms with Gasteiger partial charge < -0.3 is 0 Å². The Hall–Kier alpha value is -1.96. The summed E-state index contributed by atoms with van der Waals surface area (Å²) in [7, 11) is 0. The van der Waals surface area contributed by atoms with Crippen molar-refractivity contribution in [3.8, 4) is 11.5 Å². The maximum absolute atomic E-state index is 5.19. The molecule has 0 unspecified atom stereocenters. The van der Waals surface area contributed by atoms with Gasteiger partial charge in [-0.2, -0.15) is 0 Å². The summed E-state index contributed by atoms with van der Waals surface area (Å²) >= 11 is 0. The summed E-state index contributed by atoms with van der Waals surface area (Å²) in [4.78, 5) is 10.3. The molecule has 72 valence electrons. The van der Waals surface area contributed by atoms with Gasteiger partial charge in [0.25, 0.3) is 0 Å². The first-order chi connectivity index (χ1) is 7.43. The predicted molar refractivity (Wildman–Crippen MR) is 54.6 cm³/mol. The fourth-order valence-corrected chi connectivity index (χ4v) is 1.43. The van der Waals surface area contributed by atoms with E-state index in [2.05, 4.69) is 12.1 Å². The lowest BCUT2D eigenvalue weighted by atomic mass is 10.3. The SMILES string of the molecule is [c]1ccccc1OOc1[c]ccc2c1C2. The van der Waals surface area contributed by atoms with Gasteiger partial charge in [0.2, 0.25) is 0 Å². The van der Waals surface area contributed by atoms with Gasteiger partial charge in [0, 0.05) is 24.1 Å². The Morgan fingerprint density at radius 3 is 2.87 bits per heavy atom. The van der Waals surface area contributed by atoms with E-state index in [0.717, 1.165) is 6.42 Å². The molecule has 0 N–H and O–H groups in total. The highest BCUT2D eigenvalue weighted by Crippen LogP contribution is 2.36. The number of fused-ring (bicyclic) bond motifs is 1. The van der Waals surface area contributed by atoms with E-state index in [0.29, 0.717) is 11.5 Å². The summed E-state index contributed by atoms with van der Waals surface area (Å²) in [5, 5.41) is 0. The van der Waals surface area contributed by atoms with Gasteiger partial charge in [0.15, 0.2) is 11.5 Å². The Morgan fingerprint density at radius 2 is 2.00 bits per heavy atom. The Bertz CT molecular complexity index is 477.